The average molecular weight is 440 g/mol. The number of rotatable bonds is 5. The maximum absolute atomic E-state index is 14.5. The Morgan fingerprint density at radius 1 is 0.909 bits per heavy atom. The van der Waals surface area contributed by atoms with Crippen molar-refractivity contribution in [2.45, 2.75) is 6.92 Å². The lowest BCUT2D eigenvalue weighted by Gasteiger charge is -2.07. The van der Waals surface area contributed by atoms with Gasteiger partial charge in [0, 0.05) is 5.56 Å². The molecule has 2 heterocycles. The van der Waals surface area contributed by atoms with Crippen LogP contribution in [-0.2, 0) is 0 Å². The van der Waals surface area contributed by atoms with Gasteiger partial charge in [0.25, 0.3) is 5.91 Å². The van der Waals surface area contributed by atoms with Crippen LogP contribution in [0.2, 0.25) is 0 Å². The van der Waals surface area contributed by atoms with Crippen LogP contribution in [0.3, 0.4) is 0 Å². The Bertz CT molecular complexity index is 1370. The van der Waals surface area contributed by atoms with E-state index in [4.69, 9.17) is 0 Å². The summed E-state index contributed by atoms with van der Waals surface area (Å²) in [7, 11) is 0. The van der Waals surface area contributed by atoms with E-state index < -0.39 is 11.7 Å². The number of aryl methyl sites for hydroxylation is 1. The van der Waals surface area contributed by atoms with E-state index in [1.807, 2.05) is 60.7 Å². The summed E-state index contributed by atoms with van der Waals surface area (Å²) >= 11 is 0. The van der Waals surface area contributed by atoms with Crippen LogP contribution in [0.4, 0.5) is 10.1 Å². The molecule has 0 aliphatic rings. The number of para-hydroxylation sites is 1. The third-order valence-electron chi connectivity index (χ3n) is 4.91. The SMILES string of the molecule is Cc1nnnn1-c1ccc(F)c(NC(=O)c2nc(-c3ccccc3)n(-c3ccccc3)n2)c1. The molecule has 2 aromatic heterocycles. The summed E-state index contributed by atoms with van der Waals surface area (Å²) in [5, 5.41) is 18.2. The smallest absolute Gasteiger partial charge is 0.295 e. The first-order valence-electron chi connectivity index (χ1n) is 10.0. The summed E-state index contributed by atoms with van der Waals surface area (Å²) in [6, 6.07) is 22.9. The van der Waals surface area contributed by atoms with Crippen molar-refractivity contribution in [1.29, 1.82) is 0 Å². The second-order valence-corrected chi connectivity index (χ2v) is 7.13. The number of hydrogen-bond donors (Lipinski definition) is 1. The van der Waals surface area contributed by atoms with Gasteiger partial charge in [0.1, 0.15) is 5.82 Å². The standard InChI is InChI=1S/C23H17FN8O/c1-15-27-29-30-31(15)18-12-13-19(24)20(14-18)25-23(33)21-26-22(16-8-4-2-5-9-16)32(28-21)17-10-6-3-7-11-17/h2-14H,1H3,(H,25,33). The fourth-order valence-electron chi connectivity index (χ4n) is 3.32. The van der Waals surface area contributed by atoms with Gasteiger partial charge in [0.15, 0.2) is 11.6 Å². The number of benzene rings is 3. The molecule has 5 aromatic rings. The molecule has 0 saturated heterocycles. The van der Waals surface area contributed by atoms with Crippen LogP contribution in [0.25, 0.3) is 22.8 Å². The molecule has 0 atom stereocenters. The summed E-state index contributed by atoms with van der Waals surface area (Å²) in [5.41, 5.74) is 1.99. The van der Waals surface area contributed by atoms with Gasteiger partial charge in [-0.25, -0.2) is 14.1 Å². The molecular weight excluding hydrogens is 423 g/mol. The molecule has 1 amide bonds. The first kappa shape index (κ1) is 20.2. The lowest BCUT2D eigenvalue weighted by molar-refractivity contribution is 0.101. The van der Waals surface area contributed by atoms with Crippen LogP contribution in [0.5, 0.6) is 0 Å². The van der Waals surface area contributed by atoms with Crippen molar-refractivity contribution in [3.8, 4) is 22.8 Å². The minimum Gasteiger partial charge on any atom is -0.317 e. The molecule has 1 N–H and O–H groups in total. The van der Waals surface area contributed by atoms with Gasteiger partial charge in [-0.2, -0.15) is 4.68 Å². The maximum atomic E-state index is 14.5. The average Bonchev–Trinajstić information content (AvgIpc) is 3.48. The normalized spacial score (nSPS) is 10.8. The van der Waals surface area contributed by atoms with Gasteiger partial charge in [-0.05, 0) is 47.7 Å². The Balaban J connectivity index is 1.51. The predicted molar refractivity (Wildman–Crippen MR) is 119 cm³/mol. The fourth-order valence-corrected chi connectivity index (χ4v) is 3.32. The van der Waals surface area contributed by atoms with Crippen molar-refractivity contribution in [3.63, 3.8) is 0 Å². The zero-order valence-corrected chi connectivity index (χ0v) is 17.4. The van der Waals surface area contributed by atoms with Crippen molar-refractivity contribution in [3.05, 3.63) is 96.3 Å². The van der Waals surface area contributed by atoms with Gasteiger partial charge >= 0.3 is 0 Å². The van der Waals surface area contributed by atoms with E-state index >= 15 is 0 Å². The molecule has 33 heavy (non-hydrogen) atoms. The van der Waals surface area contributed by atoms with Crippen molar-refractivity contribution in [2.75, 3.05) is 5.32 Å². The minimum absolute atomic E-state index is 0.0373. The van der Waals surface area contributed by atoms with Gasteiger partial charge < -0.3 is 5.32 Å². The van der Waals surface area contributed by atoms with E-state index in [2.05, 4.69) is 30.9 Å². The van der Waals surface area contributed by atoms with Crippen LogP contribution in [0.15, 0.2) is 78.9 Å². The summed E-state index contributed by atoms with van der Waals surface area (Å²) in [6.07, 6.45) is 0. The number of carbonyl (C=O) groups is 1. The number of halogens is 1. The number of carbonyl (C=O) groups excluding carboxylic acids is 1. The topological polar surface area (TPSA) is 103 Å². The van der Waals surface area contributed by atoms with Crippen molar-refractivity contribution < 1.29 is 9.18 Å². The number of amides is 1. The Morgan fingerprint density at radius 3 is 2.33 bits per heavy atom. The molecule has 0 fully saturated rings. The lowest BCUT2D eigenvalue weighted by atomic mass is 10.2. The van der Waals surface area contributed by atoms with E-state index in [9.17, 15) is 9.18 Å². The summed E-state index contributed by atoms with van der Waals surface area (Å²) < 4.78 is 17.5. The Hall–Kier alpha value is -4.73. The highest BCUT2D eigenvalue weighted by atomic mass is 19.1. The van der Waals surface area contributed by atoms with Crippen molar-refractivity contribution >= 4 is 11.6 Å². The number of hydrogen-bond acceptors (Lipinski definition) is 6. The number of nitrogens with zero attached hydrogens (tertiary/aromatic N) is 7. The third-order valence-corrected chi connectivity index (χ3v) is 4.91. The highest BCUT2D eigenvalue weighted by Gasteiger charge is 2.20. The molecule has 0 bridgehead atoms. The summed E-state index contributed by atoms with van der Waals surface area (Å²) in [6.45, 7) is 1.72. The van der Waals surface area contributed by atoms with E-state index in [1.165, 1.54) is 22.9 Å². The quantitative estimate of drug-likeness (QED) is 0.448. The molecular formula is C23H17FN8O. The molecule has 5 rings (SSSR count). The molecule has 0 aliphatic carbocycles. The zero-order valence-electron chi connectivity index (χ0n) is 17.4. The Morgan fingerprint density at radius 2 is 1.64 bits per heavy atom. The van der Waals surface area contributed by atoms with Crippen LogP contribution in [-0.4, -0.2) is 40.9 Å². The molecule has 0 saturated carbocycles. The molecule has 0 radical (unpaired) electrons. The first-order valence-corrected chi connectivity index (χ1v) is 10.0. The van der Waals surface area contributed by atoms with E-state index in [1.54, 1.807) is 11.6 Å². The van der Waals surface area contributed by atoms with E-state index in [0.717, 1.165) is 11.3 Å². The van der Waals surface area contributed by atoms with Crippen LogP contribution in [0.1, 0.15) is 16.4 Å². The number of anilines is 1. The fraction of sp³-hybridized carbons (Fsp3) is 0.0435. The van der Waals surface area contributed by atoms with E-state index in [-0.39, 0.29) is 11.5 Å². The molecule has 0 unspecified atom stereocenters. The van der Waals surface area contributed by atoms with Gasteiger partial charge in [-0.1, -0.05) is 48.5 Å². The summed E-state index contributed by atoms with van der Waals surface area (Å²) in [4.78, 5) is 17.4. The van der Waals surface area contributed by atoms with Crippen LogP contribution in [0, 0.1) is 12.7 Å². The first-order chi connectivity index (χ1) is 16.1. The monoisotopic (exact) mass is 440 g/mol. The Kier molecular flexibility index (Phi) is 5.15. The molecule has 9 nitrogen and oxygen atoms in total. The minimum atomic E-state index is -0.647. The van der Waals surface area contributed by atoms with Gasteiger partial charge in [0.05, 0.1) is 17.1 Å². The van der Waals surface area contributed by atoms with Crippen LogP contribution < -0.4 is 5.32 Å². The second-order valence-electron chi connectivity index (χ2n) is 7.13. The van der Waals surface area contributed by atoms with E-state index in [0.29, 0.717) is 17.3 Å². The molecule has 162 valence electrons. The predicted octanol–water partition coefficient (Wildman–Crippen LogP) is 3.61. The highest BCUT2D eigenvalue weighted by molar-refractivity contribution is 6.02. The van der Waals surface area contributed by atoms with Gasteiger partial charge in [-0.15, -0.1) is 10.2 Å². The number of nitrogens with one attached hydrogen (secondary N) is 1. The van der Waals surface area contributed by atoms with Crippen molar-refractivity contribution in [1.82, 2.24) is 35.0 Å². The summed E-state index contributed by atoms with van der Waals surface area (Å²) in [5.74, 6) is -0.337. The van der Waals surface area contributed by atoms with Gasteiger partial charge in [-0.3, -0.25) is 4.79 Å². The largest absolute Gasteiger partial charge is 0.317 e. The maximum Gasteiger partial charge on any atom is 0.295 e. The Labute approximate surface area is 187 Å². The third kappa shape index (κ3) is 3.97. The molecule has 0 spiro atoms. The molecule has 0 aliphatic heterocycles. The molecule has 3 aromatic carbocycles. The van der Waals surface area contributed by atoms with Crippen LogP contribution >= 0.6 is 0 Å². The zero-order chi connectivity index (χ0) is 22.8. The lowest BCUT2D eigenvalue weighted by Crippen LogP contribution is -2.15. The molecule has 10 heteroatoms. The van der Waals surface area contributed by atoms with Crippen molar-refractivity contribution in [2.24, 2.45) is 0 Å². The highest BCUT2D eigenvalue weighted by Crippen LogP contribution is 2.23. The van der Waals surface area contributed by atoms with Gasteiger partial charge in [0.2, 0.25) is 5.82 Å². The number of tetrazole rings is 1. The second kappa shape index (κ2) is 8.42. The number of aromatic nitrogens is 7.